The van der Waals surface area contributed by atoms with Crippen LogP contribution in [0.3, 0.4) is 0 Å². The quantitative estimate of drug-likeness (QED) is 0.337. The van der Waals surface area contributed by atoms with Crippen molar-refractivity contribution in [3.8, 4) is 0 Å². The average molecular weight is 334 g/mol. The first-order valence-electron chi connectivity index (χ1n) is 7.95. The van der Waals surface area contributed by atoms with Crippen LogP contribution in [0, 0.1) is 17.5 Å². The first-order valence-corrected chi connectivity index (χ1v) is 9.71. The van der Waals surface area contributed by atoms with Gasteiger partial charge in [-0.25, -0.2) is 13.2 Å². The van der Waals surface area contributed by atoms with Crippen molar-refractivity contribution >= 4 is 9.28 Å². The lowest BCUT2D eigenvalue weighted by atomic mass is 10.1. The molecule has 0 fully saturated rings. The minimum Gasteiger partial charge on any atom is -0.397 e. The van der Waals surface area contributed by atoms with Gasteiger partial charge in [-0.15, -0.1) is 0 Å². The second kappa shape index (κ2) is 10.8. The number of halogens is 3. The Bertz CT molecular complexity index is 412. The molecule has 0 aromatic heterocycles. The van der Waals surface area contributed by atoms with Crippen molar-refractivity contribution in [3.63, 3.8) is 0 Å². The topological polar surface area (TPSA) is 18.5 Å². The minimum atomic E-state index is -1.63. The molecule has 2 nitrogen and oxygen atoms in total. The van der Waals surface area contributed by atoms with E-state index in [1.54, 1.807) is 0 Å². The standard InChI is InChI=1S/C16H25F3O2Si/c1-3-8-20-22(21-9-4-2)10-6-5-7-13-11-14(17)16(19)15(18)12-13/h11-12,22H,3-10H2,1-2H3. The van der Waals surface area contributed by atoms with Gasteiger partial charge in [-0.3, -0.25) is 0 Å². The number of hydrogen-bond acceptors (Lipinski definition) is 2. The van der Waals surface area contributed by atoms with E-state index < -0.39 is 26.7 Å². The predicted molar refractivity (Wildman–Crippen MR) is 83.7 cm³/mol. The third kappa shape index (κ3) is 6.94. The Morgan fingerprint density at radius 2 is 1.45 bits per heavy atom. The number of rotatable bonds is 11. The van der Waals surface area contributed by atoms with E-state index in [0.717, 1.165) is 57.1 Å². The van der Waals surface area contributed by atoms with Crippen molar-refractivity contribution in [3.05, 3.63) is 35.1 Å². The normalized spacial score (nSPS) is 11.4. The monoisotopic (exact) mass is 334 g/mol. The van der Waals surface area contributed by atoms with Crippen LogP contribution in [-0.2, 0) is 15.3 Å². The SMILES string of the molecule is CCCO[SiH](CCCCc1cc(F)c(F)c(F)c1)OCCC. The fraction of sp³-hybridized carbons (Fsp3) is 0.625. The number of hydrogen-bond donors (Lipinski definition) is 0. The second-order valence-corrected chi connectivity index (χ2v) is 7.39. The lowest BCUT2D eigenvalue weighted by molar-refractivity contribution is 0.195. The third-order valence-electron chi connectivity index (χ3n) is 3.21. The molecule has 0 saturated carbocycles. The number of unbranched alkanes of at least 4 members (excludes halogenated alkanes) is 1. The van der Waals surface area contributed by atoms with E-state index in [4.69, 9.17) is 8.85 Å². The molecule has 1 aromatic carbocycles. The molecule has 0 spiro atoms. The highest BCUT2D eigenvalue weighted by atomic mass is 28.3. The van der Waals surface area contributed by atoms with Gasteiger partial charge in [0.15, 0.2) is 17.5 Å². The van der Waals surface area contributed by atoms with Gasteiger partial charge in [0.1, 0.15) is 0 Å². The summed E-state index contributed by atoms with van der Waals surface area (Å²) in [6.07, 6.45) is 4.11. The highest BCUT2D eigenvalue weighted by Gasteiger charge is 2.13. The van der Waals surface area contributed by atoms with Crippen LogP contribution in [0.1, 0.15) is 45.1 Å². The summed E-state index contributed by atoms with van der Waals surface area (Å²) in [5, 5.41) is 0. The summed E-state index contributed by atoms with van der Waals surface area (Å²) in [5.74, 6) is -3.66. The molecule has 6 heteroatoms. The molecule has 1 rings (SSSR count). The molecule has 0 aliphatic rings. The zero-order valence-electron chi connectivity index (χ0n) is 13.3. The fourth-order valence-electron chi connectivity index (χ4n) is 2.11. The molecular formula is C16H25F3O2Si. The smallest absolute Gasteiger partial charge is 0.321 e. The van der Waals surface area contributed by atoms with Crippen LogP contribution < -0.4 is 0 Å². The van der Waals surface area contributed by atoms with Crippen molar-refractivity contribution in [2.45, 2.75) is 52.0 Å². The molecule has 0 heterocycles. The van der Waals surface area contributed by atoms with Crippen LogP contribution in [0.4, 0.5) is 13.2 Å². The largest absolute Gasteiger partial charge is 0.397 e. The van der Waals surface area contributed by atoms with Crippen LogP contribution in [0.5, 0.6) is 0 Å². The number of aryl methyl sites for hydroxylation is 1. The summed E-state index contributed by atoms with van der Waals surface area (Å²) in [6.45, 7) is 5.55. The molecule has 126 valence electrons. The van der Waals surface area contributed by atoms with Gasteiger partial charge in [0, 0.05) is 13.2 Å². The van der Waals surface area contributed by atoms with E-state index in [0.29, 0.717) is 12.0 Å². The van der Waals surface area contributed by atoms with Crippen LogP contribution >= 0.6 is 0 Å². The number of benzene rings is 1. The molecule has 0 amide bonds. The van der Waals surface area contributed by atoms with Crippen LogP contribution in [0.25, 0.3) is 0 Å². The van der Waals surface area contributed by atoms with Crippen LogP contribution in [0.2, 0.25) is 6.04 Å². The average Bonchev–Trinajstić information content (AvgIpc) is 2.50. The Labute approximate surface area is 132 Å². The van der Waals surface area contributed by atoms with Crippen LogP contribution in [-0.4, -0.2) is 22.5 Å². The molecule has 0 aliphatic heterocycles. The van der Waals surface area contributed by atoms with Gasteiger partial charge < -0.3 is 8.85 Å². The molecule has 0 unspecified atom stereocenters. The summed E-state index contributed by atoms with van der Waals surface area (Å²) in [4.78, 5) is 0. The molecule has 0 aliphatic carbocycles. The predicted octanol–water partition coefficient (Wildman–Crippen LogP) is 4.50. The Morgan fingerprint density at radius 1 is 0.909 bits per heavy atom. The third-order valence-corrected chi connectivity index (χ3v) is 5.31. The lowest BCUT2D eigenvalue weighted by Crippen LogP contribution is -2.23. The molecule has 0 N–H and O–H groups in total. The summed E-state index contributed by atoms with van der Waals surface area (Å²) >= 11 is 0. The van der Waals surface area contributed by atoms with Gasteiger partial charge in [-0.05, 0) is 49.4 Å². The Hall–Kier alpha value is -0.853. The zero-order valence-corrected chi connectivity index (χ0v) is 14.5. The molecule has 0 bridgehead atoms. The maximum atomic E-state index is 13.1. The van der Waals surface area contributed by atoms with Crippen molar-refractivity contribution in [2.75, 3.05) is 13.2 Å². The second-order valence-electron chi connectivity index (χ2n) is 5.29. The lowest BCUT2D eigenvalue weighted by Gasteiger charge is -2.16. The molecular weight excluding hydrogens is 309 g/mol. The fourth-order valence-corrected chi connectivity index (χ4v) is 4.15. The molecule has 0 atom stereocenters. The van der Waals surface area contributed by atoms with Crippen molar-refractivity contribution in [1.29, 1.82) is 0 Å². The van der Waals surface area contributed by atoms with Crippen molar-refractivity contribution in [1.82, 2.24) is 0 Å². The van der Waals surface area contributed by atoms with E-state index in [-0.39, 0.29) is 0 Å². The van der Waals surface area contributed by atoms with E-state index >= 15 is 0 Å². The maximum absolute atomic E-state index is 13.1. The van der Waals surface area contributed by atoms with E-state index in [1.807, 2.05) is 0 Å². The summed E-state index contributed by atoms with van der Waals surface area (Å²) < 4.78 is 50.6. The molecule has 0 radical (unpaired) electrons. The first-order chi connectivity index (χ1) is 10.6. The zero-order chi connectivity index (χ0) is 16.4. The van der Waals surface area contributed by atoms with Gasteiger partial charge in [0.2, 0.25) is 0 Å². The summed E-state index contributed by atoms with van der Waals surface area (Å²) in [7, 11) is -1.63. The highest BCUT2D eigenvalue weighted by Crippen LogP contribution is 2.16. The van der Waals surface area contributed by atoms with E-state index in [9.17, 15) is 13.2 Å². The van der Waals surface area contributed by atoms with Crippen LogP contribution in [0.15, 0.2) is 12.1 Å². The Morgan fingerprint density at radius 3 is 1.95 bits per heavy atom. The van der Waals surface area contributed by atoms with Gasteiger partial charge >= 0.3 is 9.28 Å². The summed E-state index contributed by atoms with van der Waals surface area (Å²) in [5.41, 5.74) is 0.485. The first kappa shape index (κ1) is 19.2. The maximum Gasteiger partial charge on any atom is 0.321 e. The molecule has 1 aromatic rings. The van der Waals surface area contributed by atoms with Crippen molar-refractivity contribution in [2.24, 2.45) is 0 Å². The van der Waals surface area contributed by atoms with Gasteiger partial charge in [0.25, 0.3) is 0 Å². The van der Waals surface area contributed by atoms with Crippen molar-refractivity contribution < 1.29 is 22.0 Å². The van der Waals surface area contributed by atoms with E-state index in [1.165, 1.54) is 0 Å². The summed E-state index contributed by atoms with van der Waals surface area (Å²) in [6, 6.07) is 3.01. The Balaban J connectivity index is 2.35. The van der Waals surface area contributed by atoms with Gasteiger partial charge in [-0.2, -0.15) is 0 Å². The van der Waals surface area contributed by atoms with Gasteiger partial charge in [-0.1, -0.05) is 20.3 Å². The molecule has 22 heavy (non-hydrogen) atoms. The molecule has 0 saturated heterocycles. The highest BCUT2D eigenvalue weighted by molar-refractivity contribution is 6.44. The van der Waals surface area contributed by atoms with Gasteiger partial charge in [0.05, 0.1) is 0 Å². The Kier molecular flexibility index (Phi) is 9.43. The minimum absolute atomic E-state index is 0.485. The van der Waals surface area contributed by atoms with E-state index in [2.05, 4.69) is 13.8 Å².